The molecule has 14 heavy (non-hydrogen) atoms. The maximum atomic E-state index is 9.73. The van der Waals surface area contributed by atoms with Gasteiger partial charge in [-0.2, -0.15) is 0 Å². The molecule has 0 bridgehead atoms. The normalized spacial score (nSPS) is 47.6. The molecular weight excluding hydrogens is 412 g/mol. The van der Waals surface area contributed by atoms with Crippen molar-refractivity contribution in [2.24, 2.45) is 0 Å². The zero-order chi connectivity index (χ0) is 9.59. The van der Waals surface area contributed by atoms with E-state index in [1.54, 1.807) is 0 Å². The number of alkyl halides is 1. The molecule has 0 saturated carbocycles. The van der Waals surface area contributed by atoms with Crippen molar-refractivity contribution < 1.29 is 15.3 Å². The number of aliphatic hydroxyl groups is 3. The van der Waals surface area contributed by atoms with Gasteiger partial charge in [0.1, 0.15) is 0 Å². The molecule has 2 heterocycles. The molecule has 6 heteroatoms. The SMILES string of the molecule is I.OC[C@H]1[C@H](O)[C@@H](O)[C@@H]2[C@H](I)CCN21. The summed E-state index contributed by atoms with van der Waals surface area (Å²) in [5.41, 5.74) is 0. The van der Waals surface area contributed by atoms with Crippen molar-refractivity contribution in [2.75, 3.05) is 13.2 Å². The lowest BCUT2D eigenvalue weighted by Gasteiger charge is -2.22. The van der Waals surface area contributed by atoms with Crippen LogP contribution in [0, 0.1) is 0 Å². The minimum atomic E-state index is -0.785. The quantitative estimate of drug-likeness (QED) is 0.393. The molecule has 2 saturated heterocycles. The zero-order valence-electron chi connectivity index (χ0n) is 7.58. The van der Waals surface area contributed by atoms with Gasteiger partial charge in [-0.05, 0) is 6.42 Å². The molecular formula is C8H15I2NO3. The van der Waals surface area contributed by atoms with Crippen LogP contribution in [0.3, 0.4) is 0 Å². The maximum absolute atomic E-state index is 9.73. The van der Waals surface area contributed by atoms with Gasteiger partial charge in [0.2, 0.25) is 0 Å². The Kier molecular flexibility index (Phi) is 4.86. The Morgan fingerprint density at radius 3 is 2.50 bits per heavy atom. The first kappa shape index (κ1) is 13.4. The van der Waals surface area contributed by atoms with Crippen LogP contribution in [0.25, 0.3) is 0 Å². The predicted molar refractivity (Wildman–Crippen MR) is 71.2 cm³/mol. The number of hydrogen-bond acceptors (Lipinski definition) is 4. The van der Waals surface area contributed by atoms with Crippen LogP contribution in [-0.4, -0.2) is 61.6 Å². The predicted octanol–water partition coefficient (Wildman–Crippen LogP) is -0.421. The van der Waals surface area contributed by atoms with Gasteiger partial charge in [-0.25, -0.2) is 0 Å². The fraction of sp³-hybridized carbons (Fsp3) is 1.00. The van der Waals surface area contributed by atoms with Crippen LogP contribution >= 0.6 is 46.6 Å². The summed E-state index contributed by atoms with van der Waals surface area (Å²) < 4.78 is 0.388. The van der Waals surface area contributed by atoms with Gasteiger partial charge in [0.25, 0.3) is 0 Å². The molecule has 0 aliphatic carbocycles. The number of rotatable bonds is 1. The maximum Gasteiger partial charge on any atom is 0.0992 e. The molecule has 0 aromatic rings. The van der Waals surface area contributed by atoms with E-state index < -0.39 is 12.2 Å². The van der Waals surface area contributed by atoms with E-state index in [1.165, 1.54) is 0 Å². The van der Waals surface area contributed by atoms with Gasteiger partial charge in [-0.15, -0.1) is 24.0 Å². The summed E-state index contributed by atoms with van der Waals surface area (Å²) in [5, 5.41) is 28.4. The van der Waals surface area contributed by atoms with Gasteiger partial charge < -0.3 is 15.3 Å². The summed E-state index contributed by atoms with van der Waals surface area (Å²) in [6.07, 6.45) is -0.444. The summed E-state index contributed by atoms with van der Waals surface area (Å²) in [6, 6.07) is -0.229. The summed E-state index contributed by atoms with van der Waals surface area (Å²) >= 11 is 2.31. The fourth-order valence-corrected chi connectivity index (χ4v) is 3.55. The molecule has 0 radical (unpaired) electrons. The van der Waals surface area contributed by atoms with Crippen LogP contribution < -0.4 is 0 Å². The third-order valence-electron chi connectivity index (χ3n) is 3.12. The molecule has 0 spiro atoms. The zero-order valence-corrected chi connectivity index (χ0v) is 12.1. The van der Waals surface area contributed by atoms with Crippen molar-refractivity contribution in [3.8, 4) is 0 Å². The Bertz CT molecular complexity index is 207. The minimum absolute atomic E-state index is 0. The van der Waals surface area contributed by atoms with Crippen molar-refractivity contribution in [3.05, 3.63) is 0 Å². The number of nitrogens with zero attached hydrogens (tertiary/aromatic N) is 1. The van der Waals surface area contributed by atoms with Crippen LogP contribution in [0.4, 0.5) is 0 Å². The molecule has 4 nitrogen and oxygen atoms in total. The summed E-state index contributed by atoms with van der Waals surface area (Å²) in [4.78, 5) is 2.03. The molecule has 5 atom stereocenters. The first-order valence-electron chi connectivity index (χ1n) is 4.53. The number of aliphatic hydroxyl groups excluding tert-OH is 3. The largest absolute Gasteiger partial charge is 0.395 e. The number of hydrogen-bond donors (Lipinski definition) is 3. The van der Waals surface area contributed by atoms with E-state index in [4.69, 9.17) is 5.11 Å². The van der Waals surface area contributed by atoms with Crippen LogP contribution in [0.1, 0.15) is 6.42 Å². The van der Waals surface area contributed by atoms with Gasteiger partial charge in [0, 0.05) is 10.5 Å². The molecule has 0 aromatic heterocycles. The molecule has 0 unspecified atom stereocenters. The summed E-state index contributed by atoms with van der Waals surface area (Å²) in [6.45, 7) is 0.801. The van der Waals surface area contributed by atoms with Crippen LogP contribution in [-0.2, 0) is 0 Å². The van der Waals surface area contributed by atoms with E-state index in [1.807, 2.05) is 4.90 Å². The summed E-state index contributed by atoms with van der Waals surface area (Å²) in [7, 11) is 0. The van der Waals surface area contributed by atoms with Gasteiger partial charge >= 0.3 is 0 Å². The monoisotopic (exact) mass is 427 g/mol. The molecule has 0 aromatic carbocycles. The van der Waals surface area contributed by atoms with Crippen molar-refractivity contribution >= 4 is 46.6 Å². The first-order valence-corrected chi connectivity index (χ1v) is 5.78. The topological polar surface area (TPSA) is 63.9 Å². The van der Waals surface area contributed by atoms with E-state index >= 15 is 0 Å². The number of fused-ring (bicyclic) bond motifs is 1. The molecule has 2 rings (SSSR count). The second kappa shape index (κ2) is 5.09. The highest BCUT2D eigenvalue weighted by Crippen LogP contribution is 2.36. The highest BCUT2D eigenvalue weighted by atomic mass is 127. The van der Waals surface area contributed by atoms with Crippen LogP contribution in [0.5, 0.6) is 0 Å². The van der Waals surface area contributed by atoms with Crippen molar-refractivity contribution in [2.45, 2.75) is 34.6 Å². The molecule has 2 aliphatic rings. The van der Waals surface area contributed by atoms with Gasteiger partial charge in [-0.1, -0.05) is 22.6 Å². The standard InChI is InChI=1S/C8H14INO3.HI/c9-4-1-2-10-5(3-11)7(12)8(13)6(4)10;/h4-8,11-13H,1-3H2;1H/t4-,5+,6+,7+,8+;/m1./s1. The van der Waals surface area contributed by atoms with E-state index in [0.29, 0.717) is 3.92 Å². The Balaban J connectivity index is 0.000000980. The fourth-order valence-electron chi connectivity index (χ4n) is 2.44. The Labute approximate surface area is 114 Å². The Morgan fingerprint density at radius 2 is 1.93 bits per heavy atom. The average Bonchev–Trinajstić information content (AvgIpc) is 2.57. The second-order valence-electron chi connectivity index (χ2n) is 3.76. The third-order valence-corrected chi connectivity index (χ3v) is 4.48. The average molecular weight is 427 g/mol. The van der Waals surface area contributed by atoms with Gasteiger partial charge in [0.05, 0.1) is 30.9 Å². The van der Waals surface area contributed by atoms with E-state index in [0.717, 1.165) is 13.0 Å². The third kappa shape index (κ3) is 1.93. The van der Waals surface area contributed by atoms with Crippen molar-refractivity contribution in [1.82, 2.24) is 4.90 Å². The van der Waals surface area contributed by atoms with Crippen molar-refractivity contribution in [1.29, 1.82) is 0 Å². The Hall–Kier alpha value is 1.30. The lowest BCUT2D eigenvalue weighted by Crippen LogP contribution is -2.39. The van der Waals surface area contributed by atoms with E-state index in [2.05, 4.69) is 22.6 Å². The smallest absolute Gasteiger partial charge is 0.0992 e. The lowest BCUT2D eigenvalue weighted by molar-refractivity contribution is 0.0161. The summed E-state index contributed by atoms with van der Waals surface area (Å²) in [5.74, 6) is 0. The minimum Gasteiger partial charge on any atom is -0.395 e. The van der Waals surface area contributed by atoms with Gasteiger partial charge in [-0.3, -0.25) is 4.90 Å². The lowest BCUT2D eigenvalue weighted by atomic mass is 10.1. The highest BCUT2D eigenvalue weighted by molar-refractivity contribution is 14.1. The van der Waals surface area contributed by atoms with Crippen molar-refractivity contribution in [3.63, 3.8) is 0 Å². The van der Waals surface area contributed by atoms with Gasteiger partial charge in [0.15, 0.2) is 0 Å². The highest BCUT2D eigenvalue weighted by Gasteiger charge is 2.52. The Morgan fingerprint density at radius 1 is 1.29 bits per heavy atom. The number of halogens is 2. The molecule has 0 amide bonds. The van der Waals surface area contributed by atoms with Crippen LogP contribution in [0.15, 0.2) is 0 Å². The van der Waals surface area contributed by atoms with E-state index in [-0.39, 0.29) is 42.7 Å². The van der Waals surface area contributed by atoms with E-state index in [9.17, 15) is 10.2 Å². The molecule has 84 valence electrons. The first-order chi connectivity index (χ1) is 6.16. The second-order valence-corrected chi connectivity index (χ2v) is 5.36. The molecule has 3 N–H and O–H groups in total. The van der Waals surface area contributed by atoms with Crippen LogP contribution in [0.2, 0.25) is 0 Å². The molecule has 2 aliphatic heterocycles. The molecule has 2 fully saturated rings.